The number of thiophene rings is 1. The van der Waals surface area contributed by atoms with Crippen molar-refractivity contribution < 1.29 is 5.11 Å². The van der Waals surface area contributed by atoms with E-state index in [1.54, 1.807) is 11.3 Å². The molecule has 0 amide bonds. The molecule has 1 saturated carbocycles. The van der Waals surface area contributed by atoms with Crippen LogP contribution in [0.4, 0.5) is 0 Å². The largest absolute Gasteiger partial charge is 0.384 e. The Kier molecular flexibility index (Phi) is 3.39. The lowest BCUT2D eigenvalue weighted by Crippen LogP contribution is -2.34. The van der Waals surface area contributed by atoms with Crippen molar-refractivity contribution >= 4 is 11.3 Å². The van der Waals surface area contributed by atoms with Crippen molar-refractivity contribution in [3.63, 3.8) is 0 Å². The first-order chi connectivity index (χ1) is 7.81. The molecule has 0 saturated heterocycles. The molecule has 0 aromatic carbocycles. The van der Waals surface area contributed by atoms with Crippen molar-refractivity contribution in [1.82, 2.24) is 0 Å². The highest BCUT2D eigenvalue weighted by atomic mass is 32.1. The molecule has 0 unspecified atom stereocenters. The van der Waals surface area contributed by atoms with Crippen molar-refractivity contribution in [2.45, 2.75) is 59.0 Å². The molecular weight excluding hydrogens is 228 g/mol. The topological polar surface area (TPSA) is 20.2 Å². The molecule has 0 bridgehead atoms. The summed E-state index contributed by atoms with van der Waals surface area (Å²) < 4.78 is 0. The van der Waals surface area contributed by atoms with Crippen LogP contribution in [0.3, 0.4) is 0 Å². The van der Waals surface area contributed by atoms with Gasteiger partial charge in [-0.15, -0.1) is 11.3 Å². The van der Waals surface area contributed by atoms with Gasteiger partial charge in [-0.25, -0.2) is 0 Å². The van der Waals surface area contributed by atoms with E-state index in [-0.39, 0.29) is 0 Å². The zero-order valence-electron chi connectivity index (χ0n) is 11.4. The first-order valence-electron chi connectivity index (χ1n) is 6.60. The standard InChI is InChI=1S/C15H24OS/c1-11-5-6-13(17-11)15(16)9-7-12(8-10-15)14(2,3)4/h5-6,12,16H,7-10H2,1-4H3. The molecule has 96 valence electrons. The average Bonchev–Trinajstić information content (AvgIpc) is 2.65. The van der Waals surface area contributed by atoms with Crippen molar-refractivity contribution in [1.29, 1.82) is 0 Å². The predicted octanol–water partition coefficient (Wildman–Crippen LogP) is 4.48. The number of rotatable bonds is 1. The summed E-state index contributed by atoms with van der Waals surface area (Å²) in [7, 11) is 0. The minimum Gasteiger partial charge on any atom is -0.384 e. The van der Waals surface area contributed by atoms with Gasteiger partial charge in [0.15, 0.2) is 0 Å². The minimum atomic E-state index is -0.541. The van der Waals surface area contributed by atoms with Gasteiger partial charge in [0.05, 0.1) is 5.60 Å². The number of hydrogen-bond acceptors (Lipinski definition) is 2. The van der Waals surface area contributed by atoms with E-state index in [0.717, 1.165) is 31.6 Å². The molecule has 0 atom stereocenters. The lowest BCUT2D eigenvalue weighted by atomic mass is 9.68. The zero-order chi connectivity index (χ0) is 12.7. The van der Waals surface area contributed by atoms with Gasteiger partial charge in [0.1, 0.15) is 0 Å². The van der Waals surface area contributed by atoms with Crippen LogP contribution in [0.1, 0.15) is 56.2 Å². The Morgan fingerprint density at radius 2 is 1.82 bits per heavy atom. The lowest BCUT2D eigenvalue weighted by molar-refractivity contribution is -0.0269. The summed E-state index contributed by atoms with van der Waals surface area (Å²) in [4.78, 5) is 2.47. The van der Waals surface area contributed by atoms with Crippen LogP contribution in [0, 0.1) is 18.3 Å². The highest BCUT2D eigenvalue weighted by Gasteiger charge is 2.39. The predicted molar refractivity (Wildman–Crippen MR) is 74.4 cm³/mol. The van der Waals surface area contributed by atoms with Gasteiger partial charge in [-0.05, 0) is 56.1 Å². The molecule has 1 N–H and O–H groups in total. The van der Waals surface area contributed by atoms with E-state index in [4.69, 9.17) is 0 Å². The summed E-state index contributed by atoms with van der Waals surface area (Å²) in [5, 5.41) is 10.7. The molecule has 17 heavy (non-hydrogen) atoms. The van der Waals surface area contributed by atoms with Gasteiger partial charge in [0.25, 0.3) is 0 Å². The number of hydrogen-bond donors (Lipinski definition) is 1. The molecular formula is C15H24OS. The average molecular weight is 252 g/mol. The van der Waals surface area contributed by atoms with Gasteiger partial charge in [-0.1, -0.05) is 20.8 Å². The molecule has 1 aliphatic carbocycles. The maximum atomic E-state index is 10.7. The third-order valence-electron chi connectivity index (χ3n) is 4.24. The van der Waals surface area contributed by atoms with Gasteiger partial charge in [-0.3, -0.25) is 0 Å². The van der Waals surface area contributed by atoms with Gasteiger partial charge in [0.2, 0.25) is 0 Å². The molecule has 1 aromatic rings. The summed E-state index contributed by atoms with van der Waals surface area (Å²) in [5.74, 6) is 0.754. The van der Waals surface area contributed by atoms with Gasteiger partial charge >= 0.3 is 0 Å². The molecule has 0 aliphatic heterocycles. The fraction of sp³-hybridized carbons (Fsp3) is 0.733. The van der Waals surface area contributed by atoms with E-state index in [9.17, 15) is 5.11 Å². The third-order valence-corrected chi connectivity index (χ3v) is 5.43. The first kappa shape index (κ1) is 13.1. The van der Waals surface area contributed by atoms with E-state index in [2.05, 4.69) is 39.8 Å². The van der Waals surface area contributed by atoms with Crippen LogP contribution in [0.15, 0.2) is 12.1 Å². The quantitative estimate of drug-likeness (QED) is 0.781. The molecule has 0 radical (unpaired) electrons. The van der Waals surface area contributed by atoms with Crippen molar-refractivity contribution in [3.05, 3.63) is 21.9 Å². The zero-order valence-corrected chi connectivity index (χ0v) is 12.2. The highest BCUT2D eigenvalue weighted by Crippen LogP contribution is 2.46. The molecule has 1 nitrogen and oxygen atoms in total. The Bertz CT molecular complexity index is 378. The van der Waals surface area contributed by atoms with Crippen molar-refractivity contribution in [3.8, 4) is 0 Å². The minimum absolute atomic E-state index is 0.382. The normalized spacial score (nSPS) is 30.5. The fourth-order valence-corrected chi connectivity index (χ4v) is 3.91. The van der Waals surface area contributed by atoms with Gasteiger partial charge < -0.3 is 5.11 Å². The third kappa shape index (κ3) is 2.74. The van der Waals surface area contributed by atoms with E-state index in [1.165, 1.54) is 9.75 Å². The van der Waals surface area contributed by atoms with E-state index >= 15 is 0 Å². The van der Waals surface area contributed by atoms with Crippen LogP contribution in [-0.2, 0) is 5.60 Å². The maximum Gasteiger partial charge on any atom is 0.0988 e. The Hall–Kier alpha value is -0.340. The Morgan fingerprint density at radius 3 is 2.24 bits per heavy atom. The van der Waals surface area contributed by atoms with Crippen molar-refractivity contribution in [2.75, 3.05) is 0 Å². The Morgan fingerprint density at radius 1 is 1.24 bits per heavy atom. The lowest BCUT2D eigenvalue weighted by Gasteiger charge is -2.41. The molecule has 1 aliphatic rings. The molecule has 0 spiro atoms. The second kappa shape index (κ2) is 4.40. The number of aryl methyl sites for hydroxylation is 1. The molecule has 2 rings (SSSR count). The summed E-state index contributed by atoms with van der Waals surface area (Å²) in [6, 6.07) is 4.23. The van der Waals surface area contributed by atoms with E-state index < -0.39 is 5.60 Å². The first-order valence-corrected chi connectivity index (χ1v) is 7.42. The van der Waals surface area contributed by atoms with Crippen LogP contribution in [0.25, 0.3) is 0 Å². The van der Waals surface area contributed by atoms with Crippen LogP contribution in [-0.4, -0.2) is 5.11 Å². The molecule has 2 heteroatoms. The maximum absolute atomic E-state index is 10.7. The monoisotopic (exact) mass is 252 g/mol. The van der Waals surface area contributed by atoms with Crippen LogP contribution in [0.5, 0.6) is 0 Å². The Balaban J connectivity index is 2.07. The SMILES string of the molecule is Cc1ccc(C2(O)CCC(C(C)(C)C)CC2)s1. The summed E-state index contributed by atoms with van der Waals surface area (Å²) in [6.45, 7) is 9.06. The molecule has 1 heterocycles. The van der Waals surface area contributed by atoms with Crippen LogP contribution >= 0.6 is 11.3 Å². The summed E-state index contributed by atoms with van der Waals surface area (Å²) in [6.07, 6.45) is 4.15. The second-order valence-electron chi connectivity index (χ2n) is 6.58. The van der Waals surface area contributed by atoms with E-state index in [1.807, 2.05) is 0 Å². The Labute approximate surface area is 109 Å². The fourth-order valence-electron chi connectivity index (χ4n) is 2.89. The van der Waals surface area contributed by atoms with E-state index in [0.29, 0.717) is 5.41 Å². The molecule has 1 fully saturated rings. The van der Waals surface area contributed by atoms with Gasteiger partial charge in [0, 0.05) is 9.75 Å². The second-order valence-corrected chi connectivity index (χ2v) is 7.87. The van der Waals surface area contributed by atoms with Crippen LogP contribution < -0.4 is 0 Å². The van der Waals surface area contributed by atoms with Crippen LogP contribution in [0.2, 0.25) is 0 Å². The highest BCUT2D eigenvalue weighted by molar-refractivity contribution is 7.12. The number of aliphatic hydroxyl groups is 1. The summed E-state index contributed by atoms with van der Waals surface area (Å²) in [5.41, 5.74) is -0.159. The summed E-state index contributed by atoms with van der Waals surface area (Å²) >= 11 is 1.75. The van der Waals surface area contributed by atoms with Gasteiger partial charge in [-0.2, -0.15) is 0 Å². The molecule has 1 aromatic heterocycles. The van der Waals surface area contributed by atoms with Crippen molar-refractivity contribution in [2.24, 2.45) is 11.3 Å². The smallest absolute Gasteiger partial charge is 0.0988 e.